The third-order valence-electron chi connectivity index (χ3n) is 3.89. The Morgan fingerprint density at radius 3 is 2.46 bits per heavy atom. The third-order valence-corrected chi connectivity index (χ3v) is 4.31. The smallest absolute Gasteiger partial charge is 0.291 e. The fraction of sp³-hybridized carbons (Fsp3) is 0.250. The van der Waals surface area contributed by atoms with Crippen molar-refractivity contribution >= 4 is 39.2 Å². The fourth-order valence-corrected chi connectivity index (χ4v) is 2.96. The number of carbonyl (C=O) groups excluding carboxylic acids is 2. The van der Waals surface area contributed by atoms with Crippen LogP contribution in [0.5, 0.6) is 0 Å². The summed E-state index contributed by atoms with van der Waals surface area (Å²) in [6.45, 7) is 7.91. The number of aromatic nitrogens is 2. The Bertz CT molecular complexity index is 1030. The lowest BCUT2D eigenvalue weighted by Crippen LogP contribution is -2.26. The lowest BCUT2D eigenvalue weighted by Gasteiger charge is -2.22. The largest absolute Gasteiger partial charge is 0.444 e. The highest BCUT2D eigenvalue weighted by Crippen LogP contribution is 2.22. The normalized spacial score (nSPS) is 11.3. The number of hydrogen-bond acceptors (Lipinski definition) is 4. The summed E-state index contributed by atoms with van der Waals surface area (Å²) in [6, 6.07) is 11.7. The molecule has 2 aromatic heterocycles. The Hall–Kier alpha value is -2.87. The van der Waals surface area contributed by atoms with Crippen molar-refractivity contribution in [3.63, 3.8) is 0 Å². The minimum Gasteiger partial charge on any atom is -0.444 e. The zero-order valence-corrected chi connectivity index (χ0v) is 17.6. The molecule has 28 heavy (non-hydrogen) atoms. The van der Waals surface area contributed by atoms with E-state index in [-0.39, 0.29) is 17.2 Å². The first kappa shape index (κ1) is 19.9. The first-order valence-corrected chi connectivity index (χ1v) is 9.48. The highest BCUT2D eigenvalue weighted by Gasteiger charge is 2.20. The van der Waals surface area contributed by atoms with Crippen LogP contribution in [0.4, 0.5) is 11.5 Å². The van der Waals surface area contributed by atoms with Gasteiger partial charge in [0.15, 0.2) is 10.4 Å². The molecule has 0 radical (unpaired) electrons. The van der Waals surface area contributed by atoms with Gasteiger partial charge in [0.25, 0.3) is 11.8 Å². The quantitative estimate of drug-likeness (QED) is 0.604. The second kappa shape index (κ2) is 7.63. The number of nitrogens with zero attached hydrogens (tertiary/aromatic N) is 2. The van der Waals surface area contributed by atoms with Gasteiger partial charge in [0.1, 0.15) is 5.82 Å². The van der Waals surface area contributed by atoms with E-state index in [9.17, 15) is 9.59 Å². The highest BCUT2D eigenvalue weighted by atomic mass is 79.9. The summed E-state index contributed by atoms with van der Waals surface area (Å²) < 4.78 is 7.48. The molecule has 2 amide bonds. The van der Waals surface area contributed by atoms with Gasteiger partial charge in [0.05, 0.1) is 11.2 Å². The molecule has 0 atom stereocenters. The van der Waals surface area contributed by atoms with E-state index < -0.39 is 5.91 Å². The Labute approximate surface area is 171 Å². The van der Waals surface area contributed by atoms with Crippen LogP contribution in [-0.2, 0) is 5.54 Å². The van der Waals surface area contributed by atoms with Crippen LogP contribution in [0.15, 0.2) is 51.6 Å². The van der Waals surface area contributed by atoms with Crippen LogP contribution in [0.1, 0.15) is 47.4 Å². The summed E-state index contributed by atoms with van der Waals surface area (Å²) in [5.41, 5.74) is 1.45. The van der Waals surface area contributed by atoms with Crippen LogP contribution < -0.4 is 10.6 Å². The Balaban J connectivity index is 1.77. The molecule has 3 rings (SSSR count). The maximum absolute atomic E-state index is 12.7. The molecule has 8 heteroatoms. The summed E-state index contributed by atoms with van der Waals surface area (Å²) in [7, 11) is 0. The van der Waals surface area contributed by atoms with Gasteiger partial charge in [-0.1, -0.05) is 6.07 Å². The molecule has 0 saturated heterocycles. The molecule has 0 saturated carbocycles. The van der Waals surface area contributed by atoms with Gasteiger partial charge in [0.2, 0.25) is 0 Å². The molecule has 0 aliphatic carbocycles. The van der Waals surface area contributed by atoms with E-state index in [1.54, 1.807) is 41.1 Å². The van der Waals surface area contributed by atoms with Crippen molar-refractivity contribution in [3.05, 3.63) is 64.2 Å². The molecule has 2 heterocycles. The average molecular weight is 445 g/mol. The molecule has 0 aliphatic heterocycles. The number of anilines is 2. The average Bonchev–Trinajstić information content (AvgIpc) is 3.20. The Morgan fingerprint density at radius 1 is 1.07 bits per heavy atom. The minimum absolute atomic E-state index is 0.172. The molecular formula is C20H21BrN4O3. The van der Waals surface area contributed by atoms with Crippen molar-refractivity contribution < 1.29 is 14.0 Å². The number of furan rings is 1. The summed E-state index contributed by atoms with van der Waals surface area (Å²) in [6.07, 6.45) is 0. The van der Waals surface area contributed by atoms with E-state index in [0.717, 1.165) is 5.69 Å². The summed E-state index contributed by atoms with van der Waals surface area (Å²) >= 11 is 3.16. The van der Waals surface area contributed by atoms with E-state index in [4.69, 9.17) is 4.42 Å². The zero-order chi connectivity index (χ0) is 20.5. The Morgan fingerprint density at radius 2 is 1.82 bits per heavy atom. The van der Waals surface area contributed by atoms with Crippen molar-refractivity contribution in [2.24, 2.45) is 0 Å². The van der Waals surface area contributed by atoms with Gasteiger partial charge < -0.3 is 15.1 Å². The molecular weight excluding hydrogens is 424 g/mol. The molecule has 0 spiro atoms. The van der Waals surface area contributed by atoms with Crippen molar-refractivity contribution in [2.45, 2.75) is 33.2 Å². The molecule has 0 bridgehead atoms. The molecule has 3 aromatic rings. The van der Waals surface area contributed by atoms with E-state index >= 15 is 0 Å². The Kier molecular flexibility index (Phi) is 5.42. The van der Waals surface area contributed by atoms with Crippen LogP contribution in [0, 0.1) is 6.92 Å². The van der Waals surface area contributed by atoms with Gasteiger partial charge in [-0.05, 0) is 74.0 Å². The topological polar surface area (TPSA) is 89.2 Å². The van der Waals surface area contributed by atoms with Crippen LogP contribution >= 0.6 is 15.9 Å². The molecule has 0 aliphatic rings. The lowest BCUT2D eigenvalue weighted by atomic mass is 10.1. The minimum atomic E-state index is -0.398. The van der Waals surface area contributed by atoms with E-state index in [1.165, 1.54) is 0 Å². The summed E-state index contributed by atoms with van der Waals surface area (Å²) in [5, 5.41) is 10.1. The number of halogens is 1. The number of amides is 2. The van der Waals surface area contributed by atoms with Gasteiger partial charge in [-0.15, -0.1) is 0 Å². The van der Waals surface area contributed by atoms with Crippen LogP contribution in [-0.4, -0.2) is 21.6 Å². The standard InChI is InChI=1S/C20H21BrN4O3/c1-12-10-17(25(24-12)20(2,3)4)23-18(26)13-6-5-7-14(11-13)22-19(27)15-8-9-16(21)28-15/h5-11H,1-4H3,(H,22,27)(H,23,26). The molecule has 146 valence electrons. The zero-order valence-electron chi connectivity index (χ0n) is 16.0. The monoisotopic (exact) mass is 444 g/mol. The molecule has 2 N–H and O–H groups in total. The number of nitrogens with one attached hydrogen (secondary N) is 2. The number of carbonyl (C=O) groups is 2. The summed E-state index contributed by atoms with van der Waals surface area (Å²) in [4.78, 5) is 24.9. The van der Waals surface area contributed by atoms with Crippen molar-refractivity contribution in [1.29, 1.82) is 0 Å². The van der Waals surface area contributed by atoms with E-state index in [1.807, 2.05) is 33.8 Å². The van der Waals surface area contributed by atoms with E-state index in [0.29, 0.717) is 21.7 Å². The molecule has 1 aromatic carbocycles. The van der Waals surface area contributed by atoms with Crippen LogP contribution in [0.25, 0.3) is 0 Å². The SMILES string of the molecule is Cc1cc(NC(=O)c2cccc(NC(=O)c3ccc(Br)o3)c2)n(C(C)(C)C)n1. The van der Waals surface area contributed by atoms with Gasteiger partial charge >= 0.3 is 0 Å². The van der Waals surface area contributed by atoms with Gasteiger partial charge in [-0.25, -0.2) is 4.68 Å². The number of hydrogen-bond donors (Lipinski definition) is 2. The number of rotatable bonds is 4. The number of benzene rings is 1. The first-order chi connectivity index (χ1) is 13.1. The van der Waals surface area contributed by atoms with Crippen molar-refractivity contribution in [2.75, 3.05) is 10.6 Å². The first-order valence-electron chi connectivity index (χ1n) is 8.69. The van der Waals surface area contributed by atoms with Crippen LogP contribution in [0.2, 0.25) is 0 Å². The maximum atomic E-state index is 12.7. The molecule has 7 nitrogen and oxygen atoms in total. The molecule has 0 fully saturated rings. The predicted molar refractivity (Wildman–Crippen MR) is 111 cm³/mol. The van der Waals surface area contributed by atoms with Crippen LogP contribution in [0.3, 0.4) is 0 Å². The van der Waals surface area contributed by atoms with Crippen molar-refractivity contribution in [3.8, 4) is 0 Å². The second-order valence-electron chi connectivity index (χ2n) is 7.35. The van der Waals surface area contributed by atoms with Gasteiger partial charge in [-0.3, -0.25) is 9.59 Å². The van der Waals surface area contributed by atoms with Crippen molar-refractivity contribution in [1.82, 2.24) is 9.78 Å². The molecule has 0 unspecified atom stereocenters. The lowest BCUT2D eigenvalue weighted by molar-refractivity contribution is 0.0992. The summed E-state index contributed by atoms with van der Waals surface area (Å²) in [5.74, 6) is 0.100. The second-order valence-corrected chi connectivity index (χ2v) is 8.13. The van der Waals surface area contributed by atoms with E-state index in [2.05, 4.69) is 31.7 Å². The van der Waals surface area contributed by atoms with Gasteiger partial charge in [0, 0.05) is 17.3 Å². The van der Waals surface area contributed by atoms with Gasteiger partial charge in [-0.2, -0.15) is 5.10 Å². The third kappa shape index (κ3) is 4.51. The predicted octanol–water partition coefficient (Wildman–Crippen LogP) is 4.81. The maximum Gasteiger partial charge on any atom is 0.291 e. The fourth-order valence-electron chi connectivity index (χ4n) is 2.66. The highest BCUT2D eigenvalue weighted by molar-refractivity contribution is 9.10. The number of aryl methyl sites for hydroxylation is 1.